The summed E-state index contributed by atoms with van der Waals surface area (Å²) in [6, 6.07) is 13.8. The zero-order valence-electron chi connectivity index (χ0n) is 13.3. The lowest BCUT2D eigenvalue weighted by atomic mass is 10.0. The first-order valence-electron chi connectivity index (χ1n) is 7.19. The van der Waals surface area contributed by atoms with E-state index < -0.39 is 12.0 Å². The molecule has 1 atom stereocenters. The molecule has 23 heavy (non-hydrogen) atoms. The van der Waals surface area contributed by atoms with Crippen molar-refractivity contribution in [3.05, 3.63) is 54.1 Å². The van der Waals surface area contributed by atoms with Gasteiger partial charge in [0.25, 0.3) is 5.91 Å². The molecule has 2 aromatic rings. The van der Waals surface area contributed by atoms with Gasteiger partial charge in [-0.25, -0.2) is 4.79 Å². The van der Waals surface area contributed by atoms with Crippen molar-refractivity contribution in [1.29, 1.82) is 0 Å². The Morgan fingerprint density at radius 1 is 1.13 bits per heavy atom. The number of hydrogen-bond donors (Lipinski definition) is 1. The SMILES string of the molecule is COc1ccc(C(=O)N(C)C(C)C(=O)O)cc1-c1ccccc1. The summed E-state index contributed by atoms with van der Waals surface area (Å²) in [7, 11) is 3.05. The second kappa shape index (κ2) is 6.96. The number of methoxy groups -OCH3 is 1. The third-order valence-corrected chi connectivity index (χ3v) is 3.79. The molecule has 0 saturated heterocycles. The number of ether oxygens (including phenoxy) is 1. The van der Waals surface area contributed by atoms with Crippen LogP contribution in [0.3, 0.4) is 0 Å². The lowest BCUT2D eigenvalue weighted by Crippen LogP contribution is -2.40. The van der Waals surface area contributed by atoms with Crippen molar-refractivity contribution in [1.82, 2.24) is 4.90 Å². The molecule has 2 aromatic carbocycles. The van der Waals surface area contributed by atoms with Crippen molar-refractivity contribution in [2.24, 2.45) is 0 Å². The van der Waals surface area contributed by atoms with Gasteiger partial charge < -0.3 is 14.7 Å². The van der Waals surface area contributed by atoms with Crippen LogP contribution in [0.5, 0.6) is 5.75 Å². The molecule has 0 aliphatic rings. The van der Waals surface area contributed by atoms with Gasteiger partial charge in [-0.2, -0.15) is 0 Å². The Balaban J connectivity index is 2.42. The summed E-state index contributed by atoms with van der Waals surface area (Å²) >= 11 is 0. The molecule has 0 aliphatic carbocycles. The van der Waals surface area contributed by atoms with Gasteiger partial charge in [0.2, 0.25) is 0 Å². The maximum atomic E-state index is 12.5. The molecule has 1 N–H and O–H groups in total. The molecule has 0 radical (unpaired) electrons. The van der Waals surface area contributed by atoms with Crippen LogP contribution in [0.1, 0.15) is 17.3 Å². The smallest absolute Gasteiger partial charge is 0.326 e. The molecule has 0 spiro atoms. The fraction of sp³-hybridized carbons (Fsp3) is 0.222. The maximum absolute atomic E-state index is 12.5. The van der Waals surface area contributed by atoms with Crippen molar-refractivity contribution in [3.8, 4) is 16.9 Å². The second-order valence-electron chi connectivity index (χ2n) is 5.21. The average Bonchev–Trinajstić information content (AvgIpc) is 2.59. The Morgan fingerprint density at radius 2 is 1.78 bits per heavy atom. The van der Waals surface area contributed by atoms with E-state index in [4.69, 9.17) is 9.84 Å². The van der Waals surface area contributed by atoms with Gasteiger partial charge in [-0.3, -0.25) is 4.79 Å². The largest absolute Gasteiger partial charge is 0.496 e. The predicted octanol–water partition coefficient (Wildman–Crippen LogP) is 2.91. The summed E-state index contributed by atoms with van der Waals surface area (Å²) in [4.78, 5) is 24.8. The number of benzene rings is 2. The standard InChI is InChI=1S/C18H19NO4/c1-12(18(21)22)19(2)17(20)14-9-10-16(23-3)15(11-14)13-7-5-4-6-8-13/h4-12H,1-3H3,(H,21,22). The fourth-order valence-electron chi connectivity index (χ4n) is 2.23. The third-order valence-electron chi connectivity index (χ3n) is 3.79. The van der Waals surface area contributed by atoms with Crippen molar-refractivity contribution in [2.75, 3.05) is 14.2 Å². The Morgan fingerprint density at radius 3 is 2.35 bits per heavy atom. The Hall–Kier alpha value is -2.82. The lowest BCUT2D eigenvalue weighted by Gasteiger charge is -2.22. The van der Waals surface area contributed by atoms with Gasteiger partial charge in [-0.05, 0) is 30.7 Å². The van der Waals surface area contributed by atoms with Crippen molar-refractivity contribution >= 4 is 11.9 Å². The van der Waals surface area contributed by atoms with Gasteiger partial charge in [0.15, 0.2) is 0 Å². The topological polar surface area (TPSA) is 66.8 Å². The highest BCUT2D eigenvalue weighted by Gasteiger charge is 2.23. The molecule has 1 unspecified atom stereocenters. The Labute approximate surface area is 135 Å². The second-order valence-corrected chi connectivity index (χ2v) is 5.21. The number of likely N-dealkylation sites (N-methyl/N-ethyl adjacent to an activating group) is 1. The van der Waals surface area contributed by atoms with E-state index in [2.05, 4.69) is 0 Å². The highest BCUT2D eigenvalue weighted by molar-refractivity contribution is 5.98. The number of carbonyl (C=O) groups excluding carboxylic acids is 1. The molecule has 120 valence electrons. The molecular weight excluding hydrogens is 294 g/mol. The van der Waals surface area contributed by atoms with Crippen LogP contribution >= 0.6 is 0 Å². The minimum absolute atomic E-state index is 0.347. The van der Waals surface area contributed by atoms with E-state index in [-0.39, 0.29) is 5.91 Å². The number of carbonyl (C=O) groups is 2. The van der Waals surface area contributed by atoms with Crippen LogP contribution in [0.2, 0.25) is 0 Å². The number of nitrogens with zero attached hydrogens (tertiary/aromatic N) is 1. The zero-order valence-corrected chi connectivity index (χ0v) is 13.3. The quantitative estimate of drug-likeness (QED) is 0.921. The molecule has 0 bridgehead atoms. The normalized spacial score (nSPS) is 11.6. The molecule has 0 fully saturated rings. The van der Waals surface area contributed by atoms with E-state index in [1.54, 1.807) is 25.3 Å². The van der Waals surface area contributed by atoms with Crippen LogP contribution < -0.4 is 4.74 Å². The van der Waals surface area contributed by atoms with Crippen LogP contribution in [-0.4, -0.2) is 42.1 Å². The van der Waals surface area contributed by atoms with E-state index in [9.17, 15) is 9.59 Å². The number of aliphatic carboxylic acids is 1. The highest BCUT2D eigenvalue weighted by atomic mass is 16.5. The van der Waals surface area contributed by atoms with Crippen molar-refractivity contribution in [3.63, 3.8) is 0 Å². The summed E-state index contributed by atoms with van der Waals surface area (Å²) in [6.07, 6.45) is 0. The van der Waals surface area contributed by atoms with Gasteiger partial charge in [0, 0.05) is 18.2 Å². The van der Waals surface area contributed by atoms with Crippen LogP contribution in [0.4, 0.5) is 0 Å². The number of carboxylic acid groups (broad SMARTS) is 1. The number of rotatable bonds is 5. The van der Waals surface area contributed by atoms with Gasteiger partial charge >= 0.3 is 5.97 Å². The molecule has 5 nitrogen and oxygen atoms in total. The molecule has 1 amide bonds. The number of amides is 1. The maximum Gasteiger partial charge on any atom is 0.326 e. The third kappa shape index (κ3) is 3.51. The summed E-state index contributed by atoms with van der Waals surface area (Å²) in [6.45, 7) is 1.47. The summed E-state index contributed by atoms with van der Waals surface area (Å²) in [5.74, 6) is -0.737. The van der Waals surface area contributed by atoms with Crippen LogP contribution in [0, 0.1) is 0 Å². The Kier molecular flexibility index (Phi) is 5.01. The fourth-order valence-corrected chi connectivity index (χ4v) is 2.23. The first-order chi connectivity index (χ1) is 11.0. The molecule has 0 aromatic heterocycles. The van der Waals surface area contributed by atoms with E-state index in [0.29, 0.717) is 11.3 Å². The van der Waals surface area contributed by atoms with Gasteiger partial charge in [-0.15, -0.1) is 0 Å². The molecule has 0 heterocycles. The van der Waals surface area contributed by atoms with Gasteiger partial charge in [-0.1, -0.05) is 30.3 Å². The van der Waals surface area contributed by atoms with Crippen molar-refractivity contribution in [2.45, 2.75) is 13.0 Å². The molecular formula is C18H19NO4. The van der Waals surface area contributed by atoms with E-state index >= 15 is 0 Å². The zero-order chi connectivity index (χ0) is 17.0. The molecule has 5 heteroatoms. The van der Waals surface area contributed by atoms with E-state index in [0.717, 1.165) is 11.1 Å². The predicted molar refractivity (Wildman–Crippen MR) is 87.6 cm³/mol. The number of hydrogen-bond acceptors (Lipinski definition) is 3. The van der Waals surface area contributed by atoms with Crippen LogP contribution in [-0.2, 0) is 4.79 Å². The molecule has 0 aliphatic heterocycles. The minimum Gasteiger partial charge on any atom is -0.496 e. The monoisotopic (exact) mass is 313 g/mol. The molecule has 0 saturated carbocycles. The lowest BCUT2D eigenvalue weighted by molar-refractivity contribution is -0.141. The minimum atomic E-state index is -1.04. The van der Waals surface area contributed by atoms with Gasteiger partial charge in [0.05, 0.1) is 7.11 Å². The first kappa shape index (κ1) is 16.5. The first-order valence-corrected chi connectivity index (χ1v) is 7.19. The highest BCUT2D eigenvalue weighted by Crippen LogP contribution is 2.31. The summed E-state index contributed by atoms with van der Waals surface area (Å²) in [5.41, 5.74) is 2.13. The van der Waals surface area contributed by atoms with E-state index in [1.165, 1.54) is 18.9 Å². The average molecular weight is 313 g/mol. The van der Waals surface area contributed by atoms with Gasteiger partial charge in [0.1, 0.15) is 11.8 Å². The number of carboxylic acids is 1. The summed E-state index contributed by atoms with van der Waals surface area (Å²) < 4.78 is 5.36. The van der Waals surface area contributed by atoms with Crippen LogP contribution in [0.25, 0.3) is 11.1 Å². The van der Waals surface area contributed by atoms with Crippen LogP contribution in [0.15, 0.2) is 48.5 Å². The Bertz CT molecular complexity index is 712. The molecule has 2 rings (SSSR count). The van der Waals surface area contributed by atoms with Crippen molar-refractivity contribution < 1.29 is 19.4 Å². The van der Waals surface area contributed by atoms with E-state index in [1.807, 2.05) is 30.3 Å². The summed E-state index contributed by atoms with van der Waals surface area (Å²) in [5, 5.41) is 9.05.